The van der Waals surface area contributed by atoms with Gasteiger partial charge in [-0.2, -0.15) is 5.10 Å². The van der Waals surface area contributed by atoms with Gasteiger partial charge < -0.3 is 5.32 Å². The standard InChI is InChI=1S/C21H23N3O/c1-3-7-21(25)17-10-12-19(13-11-17)22-14-18-15-23-24(16(18)2)20-8-5-4-6-9-20/h4-6,8-13,15,22H,3,7,14H2,1-2H3. The van der Waals surface area contributed by atoms with E-state index < -0.39 is 0 Å². The first-order valence-corrected chi connectivity index (χ1v) is 8.65. The zero-order valence-electron chi connectivity index (χ0n) is 14.7. The molecule has 0 aliphatic heterocycles. The van der Waals surface area contributed by atoms with Crippen LogP contribution in [0.15, 0.2) is 60.8 Å². The number of nitrogens with zero attached hydrogens (tertiary/aromatic N) is 2. The number of benzene rings is 2. The number of rotatable bonds is 7. The van der Waals surface area contributed by atoms with Crippen LogP contribution in [-0.4, -0.2) is 15.6 Å². The Hall–Kier alpha value is -2.88. The summed E-state index contributed by atoms with van der Waals surface area (Å²) in [6.07, 6.45) is 3.38. The second kappa shape index (κ2) is 7.79. The Bertz CT molecular complexity index is 835. The van der Waals surface area contributed by atoms with Gasteiger partial charge in [0.2, 0.25) is 0 Å². The smallest absolute Gasteiger partial charge is 0.162 e. The first kappa shape index (κ1) is 17.0. The number of nitrogens with one attached hydrogen (secondary N) is 1. The van der Waals surface area contributed by atoms with Crippen LogP contribution in [0.1, 0.15) is 41.4 Å². The van der Waals surface area contributed by atoms with Gasteiger partial charge in [-0.25, -0.2) is 4.68 Å². The number of carbonyl (C=O) groups is 1. The zero-order chi connectivity index (χ0) is 17.6. The Kier molecular flexibility index (Phi) is 5.29. The van der Waals surface area contributed by atoms with Crippen molar-refractivity contribution in [2.75, 3.05) is 5.32 Å². The van der Waals surface area contributed by atoms with Crippen LogP contribution < -0.4 is 5.32 Å². The van der Waals surface area contributed by atoms with Gasteiger partial charge >= 0.3 is 0 Å². The SMILES string of the molecule is CCCC(=O)c1ccc(NCc2cnn(-c3ccccc3)c2C)cc1. The molecule has 0 spiro atoms. The molecule has 4 nitrogen and oxygen atoms in total. The summed E-state index contributed by atoms with van der Waals surface area (Å²) < 4.78 is 1.95. The van der Waals surface area contributed by atoms with Gasteiger partial charge in [0, 0.05) is 35.5 Å². The van der Waals surface area contributed by atoms with Crippen LogP contribution in [0.2, 0.25) is 0 Å². The molecule has 0 aliphatic carbocycles. The third-order valence-electron chi connectivity index (χ3n) is 4.28. The van der Waals surface area contributed by atoms with Gasteiger partial charge in [0.1, 0.15) is 0 Å². The lowest BCUT2D eigenvalue weighted by Gasteiger charge is -2.08. The minimum absolute atomic E-state index is 0.203. The van der Waals surface area contributed by atoms with E-state index >= 15 is 0 Å². The lowest BCUT2D eigenvalue weighted by atomic mass is 10.1. The minimum Gasteiger partial charge on any atom is -0.381 e. The number of hydrogen-bond acceptors (Lipinski definition) is 3. The van der Waals surface area contributed by atoms with Crippen molar-refractivity contribution in [2.45, 2.75) is 33.2 Å². The van der Waals surface area contributed by atoms with E-state index in [1.54, 1.807) is 0 Å². The number of Topliss-reactive ketones (excluding diaryl/α,β-unsaturated/α-hetero) is 1. The maximum absolute atomic E-state index is 11.9. The fourth-order valence-electron chi connectivity index (χ4n) is 2.79. The van der Waals surface area contributed by atoms with Gasteiger partial charge in [0.25, 0.3) is 0 Å². The van der Waals surface area contributed by atoms with Crippen LogP contribution in [0.5, 0.6) is 0 Å². The highest BCUT2D eigenvalue weighted by Crippen LogP contribution is 2.17. The van der Waals surface area contributed by atoms with Gasteiger partial charge in [0.05, 0.1) is 11.9 Å². The number of ketones is 1. The van der Waals surface area contributed by atoms with Crippen LogP contribution in [0.25, 0.3) is 5.69 Å². The topological polar surface area (TPSA) is 46.9 Å². The summed E-state index contributed by atoms with van der Waals surface area (Å²) in [5.41, 5.74) is 5.11. The molecule has 0 bridgehead atoms. The highest BCUT2D eigenvalue weighted by molar-refractivity contribution is 5.96. The van der Waals surface area contributed by atoms with Crippen molar-refractivity contribution in [2.24, 2.45) is 0 Å². The van der Waals surface area contributed by atoms with Crippen molar-refractivity contribution in [3.05, 3.63) is 77.6 Å². The van der Waals surface area contributed by atoms with Gasteiger partial charge in [-0.3, -0.25) is 4.79 Å². The van der Waals surface area contributed by atoms with Crippen LogP contribution in [0.3, 0.4) is 0 Å². The van der Waals surface area contributed by atoms with E-state index in [4.69, 9.17) is 0 Å². The minimum atomic E-state index is 0.203. The second-order valence-electron chi connectivity index (χ2n) is 6.11. The predicted molar refractivity (Wildman–Crippen MR) is 101 cm³/mol. The van der Waals surface area contributed by atoms with E-state index in [1.807, 2.05) is 72.4 Å². The largest absolute Gasteiger partial charge is 0.381 e. The molecule has 0 amide bonds. The number of aromatic nitrogens is 2. The first-order chi connectivity index (χ1) is 12.2. The molecule has 4 heteroatoms. The Morgan fingerprint density at radius 3 is 2.48 bits per heavy atom. The molecule has 1 heterocycles. The molecule has 0 aliphatic rings. The maximum atomic E-state index is 11.9. The van der Waals surface area contributed by atoms with Crippen molar-refractivity contribution in [1.29, 1.82) is 0 Å². The average molecular weight is 333 g/mol. The van der Waals surface area contributed by atoms with E-state index in [1.165, 1.54) is 0 Å². The molecule has 1 aromatic heterocycles. The van der Waals surface area contributed by atoms with Crippen molar-refractivity contribution in [3.8, 4) is 5.69 Å². The molecular formula is C21H23N3O. The van der Waals surface area contributed by atoms with Gasteiger partial charge in [-0.1, -0.05) is 25.1 Å². The molecule has 0 fully saturated rings. The van der Waals surface area contributed by atoms with E-state index in [9.17, 15) is 4.79 Å². The highest BCUT2D eigenvalue weighted by Gasteiger charge is 2.08. The Morgan fingerprint density at radius 2 is 1.80 bits per heavy atom. The van der Waals surface area contributed by atoms with E-state index in [-0.39, 0.29) is 5.78 Å². The van der Waals surface area contributed by atoms with E-state index in [0.29, 0.717) is 13.0 Å². The molecule has 2 aromatic carbocycles. The molecule has 0 saturated carbocycles. The fraction of sp³-hybridized carbons (Fsp3) is 0.238. The molecule has 25 heavy (non-hydrogen) atoms. The summed E-state index contributed by atoms with van der Waals surface area (Å²) in [7, 11) is 0. The Balaban J connectivity index is 1.66. The number of para-hydroxylation sites is 1. The monoisotopic (exact) mass is 333 g/mol. The summed E-state index contributed by atoms with van der Waals surface area (Å²) in [6.45, 7) is 4.79. The van der Waals surface area contributed by atoms with E-state index in [2.05, 4.69) is 17.3 Å². The molecule has 1 N–H and O–H groups in total. The van der Waals surface area contributed by atoms with Crippen molar-refractivity contribution in [3.63, 3.8) is 0 Å². The molecule has 0 radical (unpaired) electrons. The third kappa shape index (κ3) is 3.97. The second-order valence-corrected chi connectivity index (χ2v) is 6.11. The summed E-state index contributed by atoms with van der Waals surface area (Å²) >= 11 is 0. The summed E-state index contributed by atoms with van der Waals surface area (Å²) in [4.78, 5) is 11.9. The third-order valence-corrected chi connectivity index (χ3v) is 4.28. The lowest BCUT2D eigenvalue weighted by Crippen LogP contribution is -2.03. The zero-order valence-corrected chi connectivity index (χ0v) is 14.7. The summed E-state index contributed by atoms with van der Waals surface area (Å²) in [5, 5.41) is 7.89. The van der Waals surface area contributed by atoms with Crippen molar-refractivity contribution >= 4 is 11.5 Å². The van der Waals surface area contributed by atoms with Crippen LogP contribution in [0, 0.1) is 6.92 Å². The molecule has 128 valence electrons. The molecule has 0 unspecified atom stereocenters. The molecular weight excluding hydrogens is 310 g/mol. The fourth-order valence-corrected chi connectivity index (χ4v) is 2.79. The van der Waals surface area contributed by atoms with Gasteiger partial charge in [-0.05, 0) is 49.7 Å². The molecule has 0 atom stereocenters. The predicted octanol–water partition coefficient (Wildman–Crippen LogP) is 4.78. The van der Waals surface area contributed by atoms with Gasteiger partial charge in [-0.15, -0.1) is 0 Å². The van der Waals surface area contributed by atoms with Crippen molar-refractivity contribution < 1.29 is 4.79 Å². The first-order valence-electron chi connectivity index (χ1n) is 8.65. The quantitative estimate of drug-likeness (QED) is 0.633. The Labute approximate surface area is 148 Å². The van der Waals surface area contributed by atoms with Crippen LogP contribution in [-0.2, 0) is 6.54 Å². The maximum Gasteiger partial charge on any atom is 0.162 e. The average Bonchev–Trinajstić information content (AvgIpc) is 3.02. The number of carbonyl (C=O) groups excluding carboxylic acids is 1. The van der Waals surface area contributed by atoms with E-state index in [0.717, 1.165) is 34.6 Å². The van der Waals surface area contributed by atoms with Crippen molar-refractivity contribution in [1.82, 2.24) is 9.78 Å². The normalized spacial score (nSPS) is 10.6. The number of anilines is 1. The van der Waals surface area contributed by atoms with Crippen LogP contribution >= 0.6 is 0 Å². The lowest BCUT2D eigenvalue weighted by molar-refractivity contribution is 0.0982. The summed E-state index contributed by atoms with van der Waals surface area (Å²) in [6, 6.07) is 17.8. The van der Waals surface area contributed by atoms with Crippen LogP contribution in [0.4, 0.5) is 5.69 Å². The molecule has 3 rings (SSSR count). The number of hydrogen-bond donors (Lipinski definition) is 1. The Morgan fingerprint density at radius 1 is 1.08 bits per heavy atom. The molecule has 0 saturated heterocycles. The summed E-state index contributed by atoms with van der Waals surface area (Å²) in [5.74, 6) is 0.203. The highest BCUT2D eigenvalue weighted by atomic mass is 16.1. The van der Waals surface area contributed by atoms with Gasteiger partial charge in [0.15, 0.2) is 5.78 Å². The molecule has 3 aromatic rings.